The first kappa shape index (κ1) is 16.5. The van der Waals surface area contributed by atoms with Crippen molar-refractivity contribution >= 4 is 17.5 Å². The van der Waals surface area contributed by atoms with Gasteiger partial charge in [0, 0.05) is 30.8 Å². The Labute approximate surface area is 132 Å². The van der Waals surface area contributed by atoms with Crippen LogP contribution in [0.5, 0.6) is 0 Å². The summed E-state index contributed by atoms with van der Waals surface area (Å²) in [6.45, 7) is 4.38. The highest BCUT2D eigenvalue weighted by Gasteiger charge is 2.21. The highest BCUT2D eigenvalue weighted by atomic mass is 16.2. The van der Waals surface area contributed by atoms with Gasteiger partial charge >= 0.3 is 0 Å². The van der Waals surface area contributed by atoms with Gasteiger partial charge in [-0.05, 0) is 57.5 Å². The molecular formula is C17H25N3O2. The molecule has 5 nitrogen and oxygen atoms in total. The van der Waals surface area contributed by atoms with Crippen LogP contribution < -0.4 is 10.6 Å². The number of nitrogens with zero attached hydrogens (tertiary/aromatic N) is 1. The molecule has 1 saturated heterocycles. The summed E-state index contributed by atoms with van der Waals surface area (Å²) in [5.41, 5.74) is 2.27. The molecule has 0 atom stereocenters. The van der Waals surface area contributed by atoms with Crippen LogP contribution in [0.25, 0.3) is 0 Å². The van der Waals surface area contributed by atoms with Gasteiger partial charge in [0.15, 0.2) is 0 Å². The topological polar surface area (TPSA) is 61.4 Å². The summed E-state index contributed by atoms with van der Waals surface area (Å²) in [5.74, 6) is 0.0606. The van der Waals surface area contributed by atoms with Gasteiger partial charge in [0.2, 0.25) is 5.91 Å². The minimum atomic E-state index is -0.0101. The number of likely N-dealkylation sites (tertiary alicyclic amines) is 1. The van der Waals surface area contributed by atoms with Crippen LogP contribution in [0.4, 0.5) is 5.69 Å². The normalized spacial score (nSPS) is 14.2. The highest BCUT2D eigenvalue weighted by Crippen LogP contribution is 2.22. The number of carbonyl (C=O) groups is 2. The van der Waals surface area contributed by atoms with Crippen molar-refractivity contribution in [3.05, 3.63) is 29.3 Å². The van der Waals surface area contributed by atoms with Crippen LogP contribution in [0.15, 0.2) is 18.2 Å². The molecule has 0 unspecified atom stereocenters. The molecule has 0 bridgehead atoms. The third kappa shape index (κ3) is 4.07. The molecule has 0 aliphatic carbocycles. The number of anilines is 1. The minimum Gasteiger partial charge on any atom is -0.339 e. The smallest absolute Gasteiger partial charge is 0.254 e. The van der Waals surface area contributed by atoms with Crippen molar-refractivity contribution in [3.63, 3.8) is 0 Å². The molecule has 0 radical (unpaired) electrons. The molecule has 2 rings (SSSR count). The largest absolute Gasteiger partial charge is 0.339 e. The van der Waals surface area contributed by atoms with E-state index in [4.69, 9.17) is 0 Å². The van der Waals surface area contributed by atoms with Crippen molar-refractivity contribution in [2.75, 3.05) is 32.0 Å². The van der Waals surface area contributed by atoms with Gasteiger partial charge in [0.25, 0.3) is 5.91 Å². The van der Waals surface area contributed by atoms with E-state index in [-0.39, 0.29) is 11.8 Å². The van der Waals surface area contributed by atoms with E-state index in [2.05, 4.69) is 10.6 Å². The molecule has 2 amide bonds. The third-order valence-electron chi connectivity index (χ3n) is 4.06. The summed E-state index contributed by atoms with van der Waals surface area (Å²) >= 11 is 0. The maximum Gasteiger partial charge on any atom is 0.254 e. The van der Waals surface area contributed by atoms with Crippen LogP contribution in [0.3, 0.4) is 0 Å². The molecule has 1 aromatic rings. The van der Waals surface area contributed by atoms with Gasteiger partial charge in [-0.2, -0.15) is 0 Å². The lowest BCUT2D eigenvalue weighted by molar-refractivity contribution is -0.116. The van der Waals surface area contributed by atoms with Crippen molar-refractivity contribution in [1.82, 2.24) is 10.2 Å². The zero-order valence-electron chi connectivity index (χ0n) is 13.4. The first-order valence-corrected chi connectivity index (χ1v) is 7.97. The number of carbonyl (C=O) groups excluding carboxylic acids is 2. The maximum absolute atomic E-state index is 12.5. The lowest BCUT2D eigenvalue weighted by Gasteiger charge is -2.18. The fraction of sp³-hybridized carbons (Fsp3) is 0.529. The monoisotopic (exact) mass is 303 g/mol. The fourth-order valence-electron chi connectivity index (χ4n) is 2.73. The molecule has 5 heteroatoms. The van der Waals surface area contributed by atoms with Crippen LogP contribution >= 0.6 is 0 Å². The molecule has 1 fully saturated rings. The van der Waals surface area contributed by atoms with Gasteiger partial charge in [0.1, 0.15) is 0 Å². The number of rotatable bonds is 6. The summed E-state index contributed by atoms with van der Waals surface area (Å²) in [6.07, 6.45) is 3.43. The molecule has 120 valence electrons. The molecule has 22 heavy (non-hydrogen) atoms. The number of nitrogens with one attached hydrogen (secondary N) is 2. The molecule has 2 N–H and O–H groups in total. The Hall–Kier alpha value is -1.88. The third-order valence-corrected chi connectivity index (χ3v) is 4.06. The molecule has 1 aliphatic heterocycles. The Balaban J connectivity index is 2.05. The van der Waals surface area contributed by atoms with E-state index < -0.39 is 0 Å². The summed E-state index contributed by atoms with van der Waals surface area (Å²) in [6, 6.07) is 5.53. The fourth-order valence-corrected chi connectivity index (χ4v) is 2.73. The second-order valence-electron chi connectivity index (χ2n) is 5.73. The van der Waals surface area contributed by atoms with Crippen LogP contribution in [0.1, 0.15) is 41.6 Å². The molecule has 0 aromatic heterocycles. The van der Waals surface area contributed by atoms with E-state index in [9.17, 15) is 9.59 Å². The molecule has 0 saturated carbocycles. The minimum absolute atomic E-state index is 0.0101. The summed E-state index contributed by atoms with van der Waals surface area (Å²) in [7, 11) is 1.87. The van der Waals surface area contributed by atoms with E-state index in [1.54, 1.807) is 0 Å². The Kier molecular flexibility index (Phi) is 5.95. The average Bonchev–Trinajstić information content (AvgIpc) is 3.03. The van der Waals surface area contributed by atoms with Gasteiger partial charge in [-0.25, -0.2) is 0 Å². The van der Waals surface area contributed by atoms with E-state index >= 15 is 0 Å². The van der Waals surface area contributed by atoms with Crippen LogP contribution in [-0.2, 0) is 4.79 Å². The Morgan fingerprint density at radius 3 is 2.64 bits per heavy atom. The van der Waals surface area contributed by atoms with Crippen molar-refractivity contribution in [2.45, 2.75) is 32.6 Å². The first-order valence-electron chi connectivity index (χ1n) is 7.97. The summed E-state index contributed by atoms with van der Waals surface area (Å²) < 4.78 is 0. The van der Waals surface area contributed by atoms with E-state index in [1.807, 2.05) is 37.1 Å². The summed E-state index contributed by atoms with van der Waals surface area (Å²) in [5, 5.41) is 5.94. The van der Waals surface area contributed by atoms with Crippen LogP contribution in [0.2, 0.25) is 0 Å². The molecule has 0 spiro atoms. The van der Waals surface area contributed by atoms with Gasteiger partial charge in [-0.3, -0.25) is 9.59 Å². The van der Waals surface area contributed by atoms with Crippen molar-refractivity contribution in [2.24, 2.45) is 0 Å². The molecule has 1 aliphatic rings. The number of amides is 2. The summed E-state index contributed by atoms with van der Waals surface area (Å²) in [4.78, 5) is 26.4. The second kappa shape index (κ2) is 7.94. The number of hydrogen-bond acceptors (Lipinski definition) is 3. The molecule has 1 heterocycles. The van der Waals surface area contributed by atoms with Crippen LogP contribution in [0, 0.1) is 6.92 Å². The second-order valence-corrected chi connectivity index (χ2v) is 5.73. The zero-order chi connectivity index (χ0) is 15.9. The van der Waals surface area contributed by atoms with E-state index in [0.717, 1.165) is 50.1 Å². The predicted octanol–water partition coefficient (Wildman–Crippen LogP) is 2.17. The van der Waals surface area contributed by atoms with Gasteiger partial charge in [0.05, 0.1) is 0 Å². The average molecular weight is 303 g/mol. The van der Waals surface area contributed by atoms with Gasteiger partial charge < -0.3 is 15.5 Å². The van der Waals surface area contributed by atoms with Crippen molar-refractivity contribution < 1.29 is 9.59 Å². The predicted molar refractivity (Wildman–Crippen MR) is 88.1 cm³/mol. The quantitative estimate of drug-likeness (QED) is 0.792. The Bertz CT molecular complexity index is 537. The maximum atomic E-state index is 12.5. The van der Waals surface area contributed by atoms with Crippen molar-refractivity contribution in [1.29, 1.82) is 0 Å². The Morgan fingerprint density at radius 2 is 1.95 bits per heavy atom. The van der Waals surface area contributed by atoms with Crippen LogP contribution in [-0.4, -0.2) is 43.4 Å². The number of benzene rings is 1. The highest BCUT2D eigenvalue weighted by molar-refractivity contribution is 5.99. The van der Waals surface area contributed by atoms with Gasteiger partial charge in [-0.1, -0.05) is 6.07 Å². The first-order chi connectivity index (χ1) is 10.6. The SMILES string of the molecule is CNCCCC(=O)Nc1cccc(C(=O)N2CCCC2)c1C. The Morgan fingerprint density at radius 1 is 1.23 bits per heavy atom. The lowest BCUT2D eigenvalue weighted by atomic mass is 10.1. The molecule has 1 aromatic carbocycles. The van der Waals surface area contributed by atoms with E-state index in [0.29, 0.717) is 12.0 Å². The van der Waals surface area contributed by atoms with Crippen molar-refractivity contribution in [3.8, 4) is 0 Å². The van der Waals surface area contributed by atoms with E-state index in [1.165, 1.54) is 0 Å². The van der Waals surface area contributed by atoms with Gasteiger partial charge in [-0.15, -0.1) is 0 Å². The standard InChI is InChI=1S/C17H25N3O2/c1-13-14(17(22)20-11-3-4-12-20)7-5-8-15(13)19-16(21)9-6-10-18-2/h5,7-8,18H,3-4,6,9-12H2,1-2H3,(H,19,21). The number of hydrogen-bond donors (Lipinski definition) is 2. The molecular weight excluding hydrogens is 278 g/mol. The zero-order valence-corrected chi connectivity index (χ0v) is 13.4. The lowest BCUT2D eigenvalue weighted by Crippen LogP contribution is -2.28.